The monoisotopic (exact) mass is 422 g/mol. The molecule has 0 bridgehead atoms. The summed E-state index contributed by atoms with van der Waals surface area (Å²) in [5.74, 6) is 0.418. The number of hydrogen-bond acceptors (Lipinski definition) is 8. The molecule has 1 aliphatic heterocycles. The molecule has 0 radical (unpaired) electrons. The quantitative estimate of drug-likeness (QED) is 0.467. The number of pyridine rings is 1. The molecule has 0 atom stereocenters. The average molecular weight is 422 g/mol. The number of amides is 1. The minimum atomic E-state index is -0.419. The van der Waals surface area contributed by atoms with E-state index in [4.69, 9.17) is 9.15 Å². The normalized spacial score (nSPS) is 14.4. The first-order chi connectivity index (χ1) is 14.7. The number of rotatable bonds is 4. The molecule has 5 rings (SSSR count). The molecule has 0 saturated carbocycles. The van der Waals surface area contributed by atoms with Crippen molar-refractivity contribution >= 4 is 43.7 Å². The fraction of sp³-hybridized carbons (Fsp3) is 0.238. The lowest BCUT2D eigenvalue weighted by molar-refractivity contribution is -0.133. The van der Waals surface area contributed by atoms with Gasteiger partial charge in [-0.3, -0.25) is 4.79 Å². The first-order valence-electron chi connectivity index (χ1n) is 9.57. The van der Waals surface area contributed by atoms with Crippen molar-refractivity contribution in [3.63, 3.8) is 0 Å². The smallest absolute Gasteiger partial charge is 0.336 e. The minimum Gasteiger partial charge on any atom is -0.484 e. The summed E-state index contributed by atoms with van der Waals surface area (Å²) in [6.07, 6.45) is 1.77. The van der Waals surface area contributed by atoms with E-state index in [1.807, 2.05) is 12.1 Å². The molecule has 4 heterocycles. The molecule has 8 nitrogen and oxygen atoms in total. The zero-order valence-corrected chi connectivity index (χ0v) is 16.8. The lowest BCUT2D eigenvalue weighted by Gasteiger charge is -2.34. The van der Waals surface area contributed by atoms with Crippen molar-refractivity contribution in [2.75, 3.05) is 37.7 Å². The molecular weight excluding hydrogens is 404 g/mol. The van der Waals surface area contributed by atoms with E-state index in [9.17, 15) is 9.59 Å². The fourth-order valence-electron chi connectivity index (χ4n) is 3.41. The van der Waals surface area contributed by atoms with Crippen LogP contribution >= 0.6 is 11.3 Å². The lowest BCUT2D eigenvalue weighted by atomic mass is 10.2. The van der Waals surface area contributed by atoms with Gasteiger partial charge in [0.25, 0.3) is 5.91 Å². The zero-order chi connectivity index (χ0) is 20.5. The highest BCUT2D eigenvalue weighted by Gasteiger charge is 2.23. The number of anilines is 1. The first kappa shape index (κ1) is 18.6. The molecule has 0 spiro atoms. The van der Waals surface area contributed by atoms with Gasteiger partial charge in [0.1, 0.15) is 21.7 Å². The van der Waals surface area contributed by atoms with Crippen molar-refractivity contribution in [2.45, 2.75) is 0 Å². The van der Waals surface area contributed by atoms with E-state index in [2.05, 4.69) is 14.9 Å². The summed E-state index contributed by atoms with van der Waals surface area (Å²) in [5.41, 5.74) is 0.916. The molecule has 1 fully saturated rings. The van der Waals surface area contributed by atoms with Gasteiger partial charge in [0.05, 0.1) is 0 Å². The van der Waals surface area contributed by atoms with E-state index in [1.165, 1.54) is 6.07 Å². The Morgan fingerprint density at radius 2 is 1.97 bits per heavy atom. The number of carbonyl (C=O) groups is 1. The molecule has 0 unspecified atom stereocenters. The second-order valence-electron chi connectivity index (χ2n) is 6.93. The van der Waals surface area contributed by atoms with Crippen LogP contribution in [0.25, 0.3) is 21.3 Å². The highest BCUT2D eigenvalue weighted by Crippen LogP contribution is 2.27. The van der Waals surface area contributed by atoms with Crippen molar-refractivity contribution in [1.29, 1.82) is 0 Å². The Labute approximate surface area is 175 Å². The van der Waals surface area contributed by atoms with Gasteiger partial charge in [0, 0.05) is 49.9 Å². The average Bonchev–Trinajstić information content (AvgIpc) is 3.21. The fourth-order valence-corrected chi connectivity index (χ4v) is 4.37. The number of ether oxygens (including phenoxy) is 1. The number of thiazole rings is 1. The van der Waals surface area contributed by atoms with Gasteiger partial charge in [-0.05, 0) is 30.3 Å². The van der Waals surface area contributed by atoms with Crippen molar-refractivity contribution < 1.29 is 13.9 Å². The summed E-state index contributed by atoms with van der Waals surface area (Å²) in [6.45, 7) is 2.59. The van der Waals surface area contributed by atoms with Gasteiger partial charge in [-0.2, -0.15) is 0 Å². The van der Waals surface area contributed by atoms with Crippen LogP contribution in [-0.4, -0.2) is 53.6 Å². The Morgan fingerprint density at radius 1 is 1.13 bits per heavy atom. The van der Waals surface area contributed by atoms with Gasteiger partial charge in [0.15, 0.2) is 11.7 Å². The van der Waals surface area contributed by atoms with Crippen molar-refractivity contribution in [3.05, 3.63) is 59.1 Å². The molecule has 4 aromatic rings. The maximum atomic E-state index is 12.6. The molecule has 152 valence electrons. The number of piperazine rings is 1. The number of hydrogen-bond donors (Lipinski definition) is 0. The van der Waals surface area contributed by atoms with Crippen molar-refractivity contribution in [3.8, 4) is 5.75 Å². The largest absolute Gasteiger partial charge is 0.484 e. The van der Waals surface area contributed by atoms with E-state index in [0.717, 1.165) is 20.9 Å². The van der Waals surface area contributed by atoms with Gasteiger partial charge in [-0.1, -0.05) is 11.3 Å². The van der Waals surface area contributed by atoms with Gasteiger partial charge in [-0.25, -0.2) is 14.8 Å². The molecule has 30 heavy (non-hydrogen) atoms. The highest BCUT2D eigenvalue weighted by molar-refractivity contribution is 7.21. The predicted molar refractivity (Wildman–Crippen MR) is 114 cm³/mol. The number of fused-ring (bicyclic) bond motifs is 2. The highest BCUT2D eigenvalue weighted by atomic mass is 32.1. The molecule has 9 heteroatoms. The van der Waals surface area contributed by atoms with Crippen LogP contribution in [0.2, 0.25) is 0 Å². The lowest BCUT2D eigenvalue weighted by Crippen LogP contribution is -2.50. The molecule has 1 aromatic carbocycles. The Kier molecular flexibility index (Phi) is 4.80. The molecule has 1 aliphatic rings. The van der Waals surface area contributed by atoms with E-state index >= 15 is 0 Å². The van der Waals surface area contributed by atoms with Crippen LogP contribution < -0.4 is 15.3 Å². The van der Waals surface area contributed by atoms with Crippen LogP contribution in [0.15, 0.2) is 57.9 Å². The molecular formula is C21H18N4O4S. The van der Waals surface area contributed by atoms with E-state index in [0.29, 0.717) is 37.5 Å². The topological polar surface area (TPSA) is 88.8 Å². The summed E-state index contributed by atoms with van der Waals surface area (Å²) >= 11 is 1.57. The number of carbonyl (C=O) groups excluding carboxylic acids is 1. The third-order valence-electron chi connectivity index (χ3n) is 5.01. The van der Waals surface area contributed by atoms with Crippen molar-refractivity contribution in [2.24, 2.45) is 0 Å². The Balaban J connectivity index is 1.18. The van der Waals surface area contributed by atoms with Gasteiger partial charge < -0.3 is 19.0 Å². The summed E-state index contributed by atoms with van der Waals surface area (Å²) in [5, 5.41) is 1.74. The van der Waals surface area contributed by atoms with Gasteiger partial charge >= 0.3 is 5.63 Å². The third-order valence-corrected chi connectivity index (χ3v) is 6.05. The molecule has 1 amide bonds. The van der Waals surface area contributed by atoms with Crippen molar-refractivity contribution in [1.82, 2.24) is 14.9 Å². The maximum Gasteiger partial charge on any atom is 0.336 e. The Morgan fingerprint density at radius 3 is 2.80 bits per heavy atom. The maximum absolute atomic E-state index is 12.6. The zero-order valence-electron chi connectivity index (χ0n) is 16.0. The molecule has 0 aliphatic carbocycles. The van der Waals surface area contributed by atoms with Crippen LogP contribution in [0.4, 0.5) is 5.13 Å². The number of benzene rings is 1. The standard InChI is InChI=1S/C21H18N4O4S/c26-18(13-28-15-5-3-14-4-6-19(27)29-17(14)12-15)24-8-10-25(11-9-24)21-23-16-2-1-7-22-20(16)30-21/h1-7,12H,8-11,13H2. The summed E-state index contributed by atoms with van der Waals surface area (Å²) in [7, 11) is 0. The summed E-state index contributed by atoms with van der Waals surface area (Å²) in [6, 6.07) is 12.1. The van der Waals surface area contributed by atoms with Crippen LogP contribution in [0, 0.1) is 0 Å². The second-order valence-corrected chi connectivity index (χ2v) is 7.89. The summed E-state index contributed by atoms with van der Waals surface area (Å²) < 4.78 is 10.8. The van der Waals surface area contributed by atoms with Crippen LogP contribution in [0.1, 0.15) is 0 Å². The van der Waals surface area contributed by atoms with Crippen LogP contribution in [-0.2, 0) is 4.79 Å². The predicted octanol–water partition coefficient (Wildman–Crippen LogP) is 2.53. The Bertz CT molecular complexity index is 1240. The van der Waals surface area contributed by atoms with Crippen LogP contribution in [0.3, 0.4) is 0 Å². The molecule has 3 aromatic heterocycles. The van der Waals surface area contributed by atoms with Gasteiger partial charge in [-0.15, -0.1) is 0 Å². The van der Waals surface area contributed by atoms with Gasteiger partial charge in [0.2, 0.25) is 0 Å². The summed E-state index contributed by atoms with van der Waals surface area (Å²) in [4.78, 5) is 37.8. The SMILES string of the molecule is O=C(COc1ccc2ccc(=O)oc2c1)N1CCN(c2nc3cccnc3s2)CC1. The van der Waals surface area contributed by atoms with E-state index < -0.39 is 5.63 Å². The number of aromatic nitrogens is 2. The minimum absolute atomic E-state index is 0.0619. The number of nitrogens with zero attached hydrogens (tertiary/aromatic N) is 4. The second kappa shape index (κ2) is 7.75. The Hall–Kier alpha value is -3.46. The van der Waals surface area contributed by atoms with Crippen LogP contribution in [0.5, 0.6) is 5.75 Å². The third kappa shape index (κ3) is 3.71. The van der Waals surface area contributed by atoms with E-state index in [1.54, 1.807) is 46.7 Å². The molecule has 0 N–H and O–H groups in total. The van der Waals surface area contributed by atoms with E-state index in [-0.39, 0.29) is 12.5 Å². The first-order valence-corrected chi connectivity index (χ1v) is 10.4. The molecule has 1 saturated heterocycles.